The Balaban J connectivity index is 1.46. The number of likely N-dealkylation sites (tertiary alicyclic amines) is 1. The molecule has 1 fully saturated rings. The standard InChI is InChI=1S/C25H30N2O5/c1-17-4-6-18(7-5-17)23(28)8-9-24(29)26-20-10-12-27(13-11-20)25(30)19-14-21(31-2)16-22(15-19)32-3/h4-7,14-16,20H,8-13H2,1-3H3,(H,26,29). The van der Waals surface area contributed by atoms with Crippen molar-refractivity contribution < 1.29 is 23.9 Å². The van der Waals surface area contributed by atoms with E-state index in [1.165, 1.54) is 0 Å². The number of hydrogen-bond donors (Lipinski definition) is 1. The lowest BCUT2D eigenvalue weighted by molar-refractivity contribution is -0.122. The van der Waals surface area contributed by atoms with Crippen LogP contribution in [0.1, 0.15) is 52.0 Å². The molecule has 7 nitrogen and oxygen atoms in total. The van der Waals surface area contributed by atoms with Crippen molar-refractivity contribution >= 4 is 17.6 Å². The molecule has 170 valence electrons. The third-order valence-corrected chi connectivity index (χ3v) is 5.70. The van der Waals surface area contributed by atoms with Crippen LogP contribution in [0.25, 0.3) is 0 Å². The number of nitrogens with zero attached hydrogens (tertiary/aromatic N) is 1. The summed E-state index contributed by atoms with van der Waals surface area (Å²) >= 11 is 0. The Hall–Kier alpha value is -3.35. The number of ether oxygens (including phenoxy) is 2. The first-order valence-corrected chi connectivity index (χ1v) is 10.8. The number of benzene rings is 2. The minimum atomic E-state index is -0.132. The Kier molecular flexibility index (Phi) is 7.87. The summed E-state index contributed by atoms with van der Waals surface area (Å²) < 4.78 is 10.5. The second-order valence-corrected chi connectivity index (χ2v) is 8.02. The molecular weight excluding hydrogens is 408 g/mol. The third-order valence-electron chi connectivity index (χ3n) is 5.70. The minimum absolute atomic E-state index is 0.000808. The molecule has 1 aliphatic heterocycles. The van der Waals surface area contributed by atoms with Crippen LogP contribution in [-0.4, -0.2) is 55.8 Å². The minimum Gasteiger partial charge on any atom is -0.497 e. The van der Waals surface area contributed by atoms with E-state index in [4.69, 9.17) is 9.47 Å². The Morgan fingerprint density at radius 1 is 0.906 bits per heavy atom. The van der Waals surface area contributed by atoms with E-state index in [0.29, 0.717) is 48.6 Å². The van der Waals surface area contributed by atoms with Crippen molar-refractivity contribution in [3.63, 3.8) is 0 Å². The van der Waals surface area contributed by atoms with Gasteiger partial charge in [-0.15, -0.1) is 0 Å². The fraction of sp³-hybridized carbons (Fsp3) is 0.400. The lowest BCUT2D eigenvalue weighted by Crippen LogP contribution is -2.46. The molecule has 7 heteroatoms. The van der Waals surface area contributed by atoms with Crippen molar-refractivity contribution in [1.29, 1.82) is 0 Å². The van der Waals surface area contributed by atoms with Gasteiger partial charge in [0.15, 0.2) is 5.78 Å². The summed E-state index contributed by atoms with van der Waals surface area (Å²) in [5, 5.41) is 3.00. The molecule has 0 spiro atoms. The molecule has 0 unspecified atom stereocenters. The molecule has 1 heterocycles. The summed E-state index contributed by atoms with van der Waals surface area (Å²) in [6.45, 7) is 3.06. The Morgan fingerprint density at radius 3 is 2.06 bits per heavy atom. The molecular formula is C25H30N2O5. The zero-order valence-electron chi connectivity index (χ0n) is 18.8. The first-order valence-electron chi connectivity index (χ1n) is 10.8. The van der Waals surface area contributed by atoms with Crippen molar-refractivity contribution in [3.05, 3.63) is 59.2 Å². The van der Waals surface area contributed by atoms with Gasteiger partial charge < -0.3 is 19.7 Å². The van der Waals surface area contributed by atoms with E-state index in [0.717, 1.165) is 5.56 Å². The van der Waals surface area contributed by atoms with E-state index in [1.807, 2.05) is 19.1 Å². The van der Waals surface area contributed by atoms with Crippen LogP contribution < -0.4 is 14.8 Å². The molecule has 1 N–H and O–H groups in total. The topological polar surface area (TPSA) is 84.9 Å². The van der Waals surface area contributed by atoms with Crippen molar-refractivity contribution in [1.82, 2.24) is 10.2 Å². The van der Waals surface area contributed by atoms with E-state index in [1.54, 1.807) is 49.5 Å². The normalized spacial score (nSPS) is 14.0. The molecule has 2 aromatic carbocycles. The van der Waals surface area contributed by atoms with E-state index in [-0.39, 0.29) is 36.5 Å². The Labute approximate surface area is 188 Å². The van der Waals surface area contributed by atoms with Crippen LogP contribution in [0.4, 0.5) is 0 Å². The highest BCUT2D eigenvalue weighted by Crippen LogP contribution is 2.24. The number of amides is 2. The first-order chi connectivity index (χ1) is 15.4. The third kappa shape index (κ3) is 6.09. The number of aryl methyl sites for hydroxylation is 1. The van der Waals surface area contributed by atoms with Crippen molar-refractivity contribution in [2.45, 2.75) is 38.6 Å². The number of carbonyl (C=O) groups is 3. The highest BCUT2D eigenvalue weighted by molar-refractivity contribution is 5.98. The summed E-state index contributed by atoms with van der Waals surface area (Å²) in [6, 6.07) is 12.5. The second-order valence-electron chi connectivity index (χ2n) is 8.02. The highest BCUT2D eigenvalue weighted by atomic mass is 16.5. The number of carbonyl (C=O) groups excluding carboxylic acids is 3. The molecule has 0 aromatic heterocycles. The van der Waals surface area contributed by atoms with Crippen LogP contribution in [0, 0.1) is 6.92 Å². The van der Waals surface area contributed by atoms with Gasteiger partial charge in [-0.25, -0.2) is 0 Å². The van der Waals surface area contributed by atoms with Gasteiger partial charge in [-0.05, 0) is 31.9 Å². The van der Waals surface area contributed by atoms with Crippen LogP contribution in [0.2, 0.25) is 0 Å². The van der Waals surface area contributed by atoms with Gasteiger partial charge in [0.05, 0.1) is 14.2 Å². The van der Waals surface area contributed by atoms with E-state index in [2.05, 4.69) is 5.32 Å². The summed E-state index contributed by atoms with van der Waals surface area (Å²) in [6.07, 6.45) is 1.69. The lowest BCUT2D eigenvalue weighted by atomic mass is 10.0. The van der Waals surface area contributed by atoms with Gasteiger partial charge in [-0.1, -0.05) is 29.8 Å². The monoisotopic (exact) mass is 438 g/mol. The van der Waals surface area contributed by atoms with E-state index >= 15 is 0 Å². The maximum atomic E-state index is 12.9. The maximum absolute atomic E-state index is 12.9. The quantitative estimate of drug-likeness (QED) is 0.639. The molecule has 1 aliphatic rings. The Morgan fingerprint density at radius 2 is 1.50 bits per heavy atom. The summed E-state index contributed by atoms with van der Waals surface area (Å²) in [4.78, 5) is 39.2. The first kappa shape index (κ1) is 23.3. The predicted octanol–water partition coefficient (Wildman–Crippen LogP) is 3.40. The smallest absolute Gasteiger partial charge is 0.254 e. The number of piperidine rings is 1. The molecule has 0 atom stereocenters. The number of Topliss-reactive ketones (excluding diaryl/α,β-unsaturated/α-hetero) is 1. The van der Waals surface area contributed by atoms with Crippen molar-refractivity contribution in [2.75, 3.05) is 27.3 Å². The highest BCUT2D eigenvalue weighted by Gasteiger charge is 2.25. The van der Waals surface area contributed by atoms with Crippen LogP contribution in [-0.2, 0) is 4.79 Å². The SMILES string of the molecule is COc1cc(OC)cc(C(=O)N2CCC(NC(=O)CCC(=O)c3ccc(C)cc3)CC2)c1. The van der Waals surface area contributed by atoms with Gasteiger partial charge in [0.25, 0.3) is 5.91 Å². The summed E-state index contributed by atoms with van der Waals surface area (Å²) in [7, 11) is 3.09. The molecule has 1 saturated heterocycles. The largest absolute Gasteiger partial charge is 0.497 e. The summed E-state index contributed by atoms with van der Waals surface area (Å²) in [5.74, 6) is 0.878. The van der Waals surface area contributed by atoms with E-state index < -0.39 is 0 Å². The molecule has 2 aromatic rings. The van der Waals surface area contributed by atoms with Gasteiger partial charge in [0.1, 0.15) is 11.5 Å². The van der Waals surface area contributed by atoms with Gasteiger partial charge in [-0.2, -0.15) is 0 Å². The molecule has 0 bridgehead atoms. The zero-order valence-corrected chi connectivity index (χ0v) is 18.8. The molecule has 32 heavy (non-hydrogen) atoms. The van der Waals surface area contributed by atoms with Crippen molar-refractivity contribution in [2.24, 2.45) is 0 Å². The van der Waals surface area contributed by atoms with Crippen LogP contribution in [0.5, 0.6) is 11.5 Å². The fourth-order valence-electron chi connectivity index (χ4n) is 3.75. The fourth-order valence-corrected chi connectivity index (χ4v) is 3.75. The maximum Gasteiger partial charge on any atom is 0.254 e. The Bertz CT molecular complexity index is 941. The number of ketones is 1. The van der Waals surface area contributed by atoms with Gasteiger partial charge in [0.2, 0.25) is 5.91 Å². The number of rotatable bonds is 8. The average Bonchev–Trinajstić information content (AvgIpc) is 2.82. The molecule has 2 amide bonds. The van der Waals surface area contributed by atoms with Crippen molar-refractivity contribution in [3.8, 4) is 11.5 Å². The molecule has 3 rings (SSSR count). The molecule has 0 saturated carbocycles. The molecule has 0 aliphatic carbocycles. The van der Waals surface area contributed by atoms with Gasteiger partial charge in [0, 0.05) is 49.2 Å². The number of methoxy groups -OCH3 is 2. The van der Waals surface area contributed by atoms with Gasteiger partial charge >= 0.3 is 0 Å². The van der Waals surface area contributed by atoms with Crippen LogP contribution in [0.15, 0.2) is 42.5 Å². The predicted molar refractivity (Wildman–Crippen MR) is 121 cm³/mol. The van der Waals surface area contributed by atoms with Gasteiger partial charge in [-0.3, -0.25) is 14.4 Å². The van der Waals surface area contributed by atoms with Crippen LogP contribution >= 0.6 is 0 Å². The second kappa shape index (κ2) is 10.8. The lowest BCUT2D eigenvalue weighted by Gasteiger charge is -2.32. The molecule has 0 radical (unpaired) electrons. The van der Waals surface area contributed by atoms with E-state index in [9.17, 15) is 14.4 Å². The number of hydrogen-bond acceptors (Lipinski definition) is 5. The number of nitrogens with one attached hydrogen (secondary N) is 1. The van der Waals surface area contributed by atoms with Crippen LogP contribution in [0.3, 0.4) is 0 Å². The zero-order chi connectivity index (χ0) is 23.1. The summed E-state index contributed by atoms with van der Waals surface area (Å²) in [5.41, 5.74) is 2.23. The average molecular weight is 439 g/mol.